The van der Waals surface area contributed by atoms with Crippen LogP contribution >= 0.6 is 7.52 Å². The molecule has 0 aliphatic carbocycles. The molecule has 3 nitrogen and oxygen atoms in total. The van der Waals surface area contributed by atoms with Crippen molar-refractivity contribution in [3.63, 3.8) is 0 Å². The summed E-state index contributed by atoms with van der Waals surface area (Å²) in [4.78, 5) is 0. The summed E-state index contributed by atoms with van der Waals surface area (Å²) in [5, 5.41) is 0. The molecule has 0 aromatic heterocycles. The normalized spacial score (nSPS) is 17.3. The molecular formula is C6H16NO2P. The number of hydrogen-bond acceptors (Lipinski definition) is 2. The fourth-order valence-electron chi connectivity index (χ4n) is 0.737. The molecule has 0 rings (SSSR count). The Bertz CT molecular complexity index is 136. The maximum absolute atomic E-state index is 11.6. The molecule has 0 aromatic rings. The highest BCUT2D eigenvalue weighted by molar-refractivity contribution is 7.56. The van der Waals surface area contributed by atoms with Gasteiger partial charge in [0, 0.05) is 13.3 Å². The summed E-state index contributed by atoms with van der Waals surface area (Å²) in [5.74, 6) is 0. The summed E-state index contributed by atoms with van der Waals surface area (Å²) in [5.41, 5.74) is 0. The van der Waals surface area contributed by atoms with Gasteiger partial charge in [0.1, 0.15) is 0 Å². The molecule has 4 heteroatoms. The van der Waals surface area contributed by atoms with Crippen molar-refractivity contribution in [1.82, 2.24) is 4.67 Å². The van der Waals surface area contributed by atoms with Gasteiger partial charge in [-0.15, -0.1) is 0 Å². The standard InChI is InChI=1S/C6H16NO2P/c1-5-6-10(8,9-4)7(2)3/h5-6H2,1-4H3. The van der Waals surface area contributed by atoms with E-state index in [-0.39, 0.29) is 0 Å². The van der Waals surface area contributed by atoms with Gasteiger partial charge in [-0.25, -0.2) is 4.67 Å². The zero-order valence-electron chi connectivity index (χ0n) is 7.13. The van der Waals surface area contributed by atoms with Crippen LogP contribution in [0.15, 0.2) is 0 Å². The van der Waals surface area contributed by atoms with Gasteiger partial charge in [0.05, 0.1) is 0 Å². The summed E-state index contributed by atoms with van der Waals surface area (Å²) >= 11 is 0. The first-order valence-electron chi connectivity index (χ1n) is 3.39. The molecule has 1 unspecified atom stereocenters. The minimum absolute atomic E-state index is 0.635. The van der Waals surface area contributed by atoms with Gasteiger partial charge in [-0.3, -0.25) is 4.57 Å². The van der Waals surface area contributed by atoms with Crippen LogP contribution in [-0.4, -0.2) is 32.0 Å². The number of nitrogens with zero attached hydrogens (tertiary/aromatic N) is 1. The van der Waals surface area contributed by atoms with Gasteiger partial charge in [0.15, 0.2) is 0 Å². The van der Waals surface area contributed by atoms with Gasteiger partial charge in [0.25, 0.3) is 7.52 Å². The summed E-state index contributed by atoms with van der Waals surface area (Å²) in [7, 11) is 2.61. The minimum Gasteiger partial charge on any atom is -0.321 e. The molecule has 0 radical (unpaired) electrons. The first-order valence-corrected chi connectivity index (χ1v) is 5.15. The van der Waals surface area contributed by atoms with Crippen LogP contribution in [0.1, 0.15) is 13.3 Å². The average molecular weight is 165 g/mol. The Morgan fingerprint density at radius 2 is 2.00 bits per heavy atom. The fraction of sp³-hybridized carbons (Fsp3) is 1.00. The highest BCUT2D eigenvalue weighted by atomic mass is 31.2. The van der Waals surface area contributed by atoms with Crippen LogP contribution in [0.3, 0.4) is 0 Å². The van der Waals surface area contributed by atoms with Crippen LogP contribution in [0.5, 0.6) is 0 Å². The third-order valence-electron chi connectivity index (χ3n) is 1.40. The Morgan fingerprint density at radius 3 is 2.10 bits per heavy atom. The highest BCUT2D eigenvalue weighted by Crippen LogP contribution is 2.47. The molecule has 0 spiro atoms. The van der Waals surface area contributed by atoms with Gasteiger partial charge in [-0.05, 0) is 20.5 Å². The van der Waals surface area contributed by atoms with E-state index in [0.29, 0.717) is 6.16 Å². The molecule has 0 aliphatic heterocycles. The first kappa shape index (κ1) is 10.2. The molecule has 0 aromatic carbocycles. The second-order valence-electron chi connectivity index (χ2n) is 2.39. The predicted molar refractivity (Wildman–Crippen MR) is 43.5 cm³/mol. The highest BCUT2D eigenvalue weighted by Gasteiger charge is 2.22. The third kappa shape index (κ3) is 2.41. The van der Waals surface area contributed by atoms with Crippen molar-refractivity contribution in [2.45, 2.75) is 13.3 Å². The van der Waals surface area contributed by atoms with Crippen molar-refractivity contribution in [1.29, 1.82) is 0 Å². The molecule has 0 heterocycles. The van der Waals surface area contributed by atoms with E-state index in [0.717, 1.165) is 6.42 Å². The summed E-state index contributed by atoms with van der Waals surface area (Å²) in [6.45, 7) is 2.00. The van der Waals surface area contributed by atoms with Crippen LogP contribution in [0.25, 0.3) is 0 Å². The fourth-order valence-corrected chi connectivity index (χ4v) is 2.21. The van der Waals surface area contributed by atoms with Crippen LogP contribution in [0, 0.1) is 0 Å². The van der Waals surface area contributed by atoms with Crippen molar-refractivity contribution in [3.05, 3.63) is 0 Å². The molecule has 0 aliphatic rings. The smallest absolute Gasteiger partial charge is 0.271 e. The van der Waals surface area contributed by atoms with Gasteiger partial charge in [-0.2, -0.15) is 0 Å². The van der Waals surface area contributed by atoms with Crippen molar-refractivity contribution in [2.24, 2.45) is 0 Å². The zero-order valence-corrected chi connectivity index (χ0v) is 8.02. The Morgan fingerprint density at radius 1 is 1.50 bits per heavy atom. The van der Waals surface area contributed by atoms with Gasteiger partial charge in [-0.1, -0.05) is 6.92 Å². The van der Waals surface area contributed by atoms with Crippen molar-refractivity contribution < 1.29 is 9.09 Å². The van der Waals surface area contributed by atoms with Crippen molar-refractivity contribution in [3.8, 4) is 0 Å². The largest absolute Gasteiger partial charge is 0.321 e. The van der Waals surface area contributed by atoms with E-state index in [1.54, 1.807) is 18.8 Å². The lowest BCUT2D eigenvalue weighted by Crippen LogP contribution is -2.11. The maximum atomic E-state index is 11.6. The Hall–Kier alpha value is 0.150. The van der Waals surface area contributed by atoms with E-state index in [1.165, 1.54) is 7.11 Å². The van der Waals surface area contributed by atoms with E-state index in [1.807, 2.05) is 6.92 Å². The summed E-state index contributed by atoms with van der Waals surface area (Å²) in [6.07, 6.45) is 1.53. The lowest BCUT2D eigenvalue weighted by molar-refractivity contribution is 0.345. The average Bonchev–Trinajstić information content (AvgIpc) is 1.88. The molecule has 0 saturated carbocycles. The van der Waals surface area contributed by atoms with E-state index in [4.69, 9.17) is 4.52 Å². The number of hydrogen-bond donors (Lipinski definition) is 0. The molecule has 0 saturated heterocycles. The molecule has 10 heavy (non-hydrogen) atoms. The Labute approximate surface area is 62.9 Å². The second kappa shape index (κ2) is 4.12. The summed E-state index contributed by atoms with van der Waals surface area (Å²) in [6, 6.07) is 0. The van der Waals surface area contributed by atoms with E-state index >= 15 is 0 Å². The minimum atomic E-state index is -2.44. The first-order chi connectivity index (χ1) is 4.56. The molecule has 1 atom stereocenters. The molecular weight excluding hydrogens is 149 g/mol. The Kier molecular flexibility index (Phi) is 4.18. The van der Waals surface area contributed by atoms with Crippen molar-refractivity contribution >= 4 is 7.52 Å². The quantitative estimate of drug-likeness (QED) is 0.595. The zero-order chi connectivity index (χ0) is 8.20. The molecule has 62 valence electrons. The molecule has 0 amide bonds. The lowest BCUT2D eigenvalue weighted by atomic mass is 10.6. The van der Waals surface area contributed by atoms with Crippen LogP contribution in [-0.2, 0) is 9.09 Å². The van der Waals surface area contributed by atoms with Gasteiger partial charge >= 0.3 is 0 Å². The van der Waals surface area contributed by atoms with E-state index in [2.05, 4.69) is 0 Å². The SMILES string of the molecule is CCCP(=O)(OC)N(C)C. The van der Waals surface area contributed by atoms with Crippen LogP contribution in [0.4, 0.5) is 0 Å². The monoisotopic (exact) mass is 165 g/mol. The van der Waals surface area contributed by atoms with E-state index in [9.17, 15) is 4.57 Å². The van der Waals surface area contributed by atoms with Crippen LogP contribution < -0.4 is 0 Å². The second-order valence-corrected chi connectivity index (χ2v) is 5.28. The number of rotatable bonds is 4. The maximum Gasteiger partial charge on any atom is 0.271 e. The third-order valence-corrected chi connectivity index (χ3v) is 4.20. The lowest BCUT2D eigenvalue weighted by Gasteiger charge is -2.21. The van der Waals surface area contributed by atoms with E-state index < -0.39 is 7.52 Å². The molecule has 0 bridgehead atoms. The van der Waals surface area contributed by atoms with Gasteiger partial charge in [0.2, 0.25) is 0 Å². The predicted octanol–water partition coefficient (Wildman–Crippen LogP) is 1.80. The van der Waals surface area contributed by atoms with Crippen molar-refractivity contribution in [2.75, 3.05) is 27.4 Å². The molecule has 0 N–H and O–H groups in total. The summed E-state index contributed by atoms with van der Waals surface area (Å²) < 4.78 is 18.2. The van der Waals surface area contributed by atoms with Crippen LogP contribution in [0.2, 0.25) is 0 Å². The van der Waals surface area contributed by atoms with Gasteiger partial charge < -0.3 is 4.52 Å². The molecule has 0 fully saturated rings. The Balaban J connectivity index is 4.10. The topological polar surface area (TPSA) is 29.5 Å².